The molecule has 0 bridgehead atoms. The van der Waals surface area contributed by atoms with Crippen molar-refractivity contribution in [3.63, 3.8) is 0 Å². The van der Waals surface area contributed by atoms with Crippen LogP contribution in [0.3, 0.4) is 0 Å². The molecule has 0 radical (unpaired) electrons. The van der Waals surface area contributed by atoms with Crippen LogP contribution in [0.4, 0.5) is 0 Å². The topological polar surface area (TPSA) is 26.3 Å². The van der Waals surface area contributed by atoms with Crippen LogP contribution in [0.15, 0.2) is 42.0 Å². The summed E-state index contributed by atoms with van der Waals surface area (Å²) in [6.45, 7) is 0. The van der Waals surface area contributed by atoms with Gasteiger partial charge in [0.05, 0.1) is 7.11 Å². The van der Waals surface area contributed by atoms with Crippen molar-refractivity contribution in [3.8, 4) is 5.75 Å². The van der Waals surface area contributed by atoms with Gasteiger partial charge >= 0.3 is 0 Å². The van der Waals surface area contributed by atoms with Crippen LogP contribution < -0.4 is 4.74 Å². The summed E-state index contributed by atoms with van der Waals surface area (Å²) in [6.07, 6.45) is 5.67. The zero-order chi connectivity index (χ0) is 10.7. The monoisotopic (exact) mass is 200 g/mol. The highest BCUT2D eigenvalue weighted by Crippen LogP contribution is 2.27. The number of rotatable bonds is 3. The van der Waals surface area contributed by atoms with E-state index in [4.69, 9.17) is 4.74 Å². The van der Waals surface area contributed by atoms with Crippen LogP contribution in [-0.4, -0.2) is 13.4 Å². The fraction of sp³-hybridized carbons (Fsp3) is 0.154. The first-order valence-corrected chi connectivity index (χ1v) is 4.84. The third-order valence-electron chi connectivity index (χ3n) is 2.51. The van der Waals surface area contributed by atoms with E-state index < -0.39 is 0 Å². The van der Waals surface area contributed by atoms with Gasteiger partial charge in [0.2, 0.25) is 0 Å². The molecule has 0 heterocycles. The molecular weight excluding hydrogens is 188 g/mol. The Hall–Kier alpha value is -1.83. The molecule has 0 aliphatic heterocycles. The molecule has 0 atom stereocenters. The molecule has 0 N–H and O–H groups in total. The van der Waals surface area contributed by atoms with Gasteiger partial charge in [-0.2, -0.15) is 0 Å². The molecule has 1 aliphatic carbocycles. The highest BCUT2D eigenvalue weighted by molar-refractivity contribution is 5.94. The molecule has 1 aromatic carbocycles. The Morgan fingerprint density at radius 2 is 2.00 bits per heavy atom. The molecule has 0 amide bonds. The van der Waals surface area contributed by atoms with Crippen LogP contribution in [0, 0.1) is 0 Å². The lowest BCUT2D eigenvalue weighted by atomic mass is 10.0. The van der Waals surface area contributed by atoms with E-state index in [0.717, 1.165) is 35.2 Å². The van der Waals surface area contributed by atoms with E-state index in [0.29, 0.717) is 0 Å². The number of carbonyl (C=O) groups excluding carboxylic acids is 1. The standard InChI is InChI=1S/C13H12O2/c1-15-12-7-5-10(6-8-12)13-4-2-3-11(13)9-14/h2,4-9H,3H2,1H3. The third kappa shape index (κ3) is 1.84. The largest absolute Gasteiger partial charge is 0.497 e. The molecule has 2 heteroatoms. The number of allylic oxidation sites excluding steroid dienone is 4. The summed E-state index contributed by atoms with van der Waals surface area (Å²) < 4.78 is 5.08. The maximum atomic E-state index is 10.8. The van der Waals surface area contributed by atoms with Gasteiger partial charge in [0.15, 0.2) is 0 Å². The molecular formula is C13H12O2. The van der Waals surface area contributed by atoms with Crippen molar-refractivity contribution >= 4 is 11.9 Å². The van der Waals surface area contributed by atoms with Crippen LogP contribution >= 0.6 is 0 Å². The van der Waals surface area contributed by atoms with Gasteiger partial charge < -0.3 is 4.74 Å². The molecule has 1 aliphatic rings. The highest BCUT2D eigenvalue weighted by Gasteiger charge is 2.09. The lowest BCUT2D eigenvalue weighted by molar-refractivity contribution is -0.104. The summed E-state index contributed by atoms with van der Waals surface area (Å²) in [4.78, 5) is 10.8. The van der Waals surface area contributed by atoms with Gasteiger partial charge in [-0.1, -0.05) is 24.3 Å². The van der Waals surface area contributed by atoms with Crippen LogP contribution in [0.1, 0.15) is 12.0 Å². The SMILES string of the molecule is COc1ccc(C2=C(C=O)CC=C2)cc1. The van der Waals surface area contributed by atoms with E-state index in [9.17, 15) is 4.79 Å². The summed E-state index contributed by atoms with van der Waals surface area (Å²) in [6, 6.07) is 7.73. The zero-order valence-electron chi connectivity index (χ0n) is 8.57. The highest BCUT2D eigenvalue weighted by atomic mass is 16.5. The number of carbonyl (C=O) groups is 1. The minimum absolute atomic E-state index is 0.741. The van der Waals surface area contributed by atoms with Crippen molar-refractivity contribution in [2.75, 3.05) is 7.11 Å². The summed E-state index contributed by atoms with van der Waals surface area (Å²) >= 11 is 0. The Morgan fingerprint density at radius 1 is 1.27 bits per heavy atom. The number of benzene rings is 1. The molecule has 2 nitrogen and oxygen atoms in total. The minimum atomic E-state index is 0.741. The van der Waals surface area contributed by atoms with Crippen LogP contribution in [0.25, 0.3) is 5.57 Å². The Labute approximate surface area is 88.9 Å². The molecule has 0 fully saturated rings. The van der Waals surface area contributed by atoms with Gasteiger partial charge in [0, 0.05) is 5.57 Å². The predicted octanol–water partition coefficient (Wildman–Crippen LogP) is 2.61. The molecule has 1 aromatic rings. The van der Waals surface area contributed by atoms with E-state index in [-0.39, 0.29) is 0 Å². The summed E-state index contributed by atoms with van der Waals surface area (Å²) in [5, 5.41) is 0. The van der Waals surface area contributed by atoms with Crippen molar-refractivity contribution in [2.45, 2.75) is 6.42 Å². The quantitative estimate of drug-likeness (QED) is 0.701. The average molecular weight is 200 g/mol. The van der Waals surface area contributed by atoms with Gasteiger partial charge in [-0.05, 0) is 29.7 Å². The molecule has 0 saturated heterocycles. The Morgan fingerprint density at radius 3 is 2.60 bits per heavy atom. The number of ether oxygens (including phenoxy) is 1. The van der Waals surface area contributed by atoms with Crippen molar-refractivity contribution in [3.05, 3.63) is 47.6 Å². The van der Waals surface area contributed by atoms with Crippen LogP contribution in [-0.2, 0) is 4.79 Å². The molecule has 76 valence electrons. The van der Waals surface area contributed by atoms with Gasteiger partial charge in [0.25, 0.3) is 0 Å². The Balaban J connectivity index is 2.37. The van der Waals surface area contributed by atoms with E-state index in [2.05, 4.69) is 0 Å². The van der Waals surface area contributed by atoms with Crippen molar-refractivity contribution in [1.82, 2.24) is 0 Å². The molecule has 0 unspecified atom stereocenters. The van der Waals surface area contributed by atoms with Gasteiger partial charge in [-0.3, -0.25) is 4.79 Å². The molecule has 0 saturated carbocycles. The molecule has 0 aromatic heterocycles. The lowest BCUT2D eigenvalue weighted by Gasteiger charge is -2.04. The first-order valence-electron chi connectivity index (χ1n) is 4.84. The summed E-state index contributed by atoms with van der Waals surface area (Å²) in [7, 11) is 1.64. The maximum Gasteiger partial charge on any atom is 0.146 e. The fourth-order valence-electron chi connectivity index (χ4n) is 1.68. The first-order chi connectivity index (χ1) is 7.35. The van der Waals surface area contributed by atoms with Gasteiger partial charge in [-0.25, -0.2) is 0 Å². The third-order valence-corrected chi connectivity index (χ3v) is 2.51. The second-order valence-electron chi connectivity index (χ2n) is 3.39. The summed E-state index contributed by atoms with van der Waals surface area (Å²) in [5.41, 5.74) is 2.93. The molecule has 0 spiro atoms. The maximum absolute atomic E-state index is 10.8. The first kappa shape index (κ1) is 9.71. The van der Waals surface area contributed by atoms with Gasteiger partial charge in [-0.15, -0.1) is 0 Å². The van der Waals surface area contributed by atoms with Crippen LogP contribution in [0.2, 0.25) is 0 Å². The van der Waals surface area contributed by atoms with E-state index in [1.165, 1.54) is 0 Å². The second kappa shape index (κ2) is 4.13. The summed E-state index contributed by atoms with van der Waals surface area (Å²) in [5.74, 6) is 0.828. The van der Waals surface area contributed by atoms with Crippen LogP contribution in [0.5, 0.6) is 5.75 Å². The van der Waals surface area contributed by atoms with Gasteiger partial charge in [0.1, 0.15) is 12.0 Å². The zero-order valence-corrected chi connectivity index (χ0v) is 8.57. The van der Waals surface area contributed by atoms with E-state index in [1.807, 2.05) is 36.4 Å². The molecule has 2 rings (SSSR count). The Kier molecular flexibility index (Phi) is 2.68. The van der Waals surface area contributed by atoms with E-state index in [1.54, 1.807) is 7.11 Å². The van der Waals surface area contributed by atoms with Crippen molar-refractivity contribution < 1.29 is 9.53 Å². The minimum Gasteiger partial charge on any atom is -0.497 e. The normalized spacial score (nSPS) is 14.5. The van der Waals surface area contributed by atoms with E-state index >= 15 is 0 Å². The number of hydrogen-bond donors (Lipinski definition) is 0. The predicted molar refractivity (Wildman–Crippen MR) is 59.7 cm³/mol. The Bertz CT molecular complexity index is 424. The second-order valence-corrected chi connectivity index (χ2v) is 3.39. The number of aldehydes is 1. The van der Waals surface area contributed by atoms with Crippen molar-refractivity contribution in [2.24, 2.45) is 0 Å². The fourth-order valence-corrected chi connectivity index (χ4v) is 1.68. The lowest BCUT2D eigenvalue weighted by Crippen LogP contribution is -1.87. The number of hydrogen-bond acceptors (Lipinski definition) is 2. The smallest absolute Gasteiger partial charge is 0.146 e. The average Bonchev–Trinajstić information content (AvgIpc) is 2.77. The number of methoxy groups -OCH3 is 1. The molecule has 15 heavy (non-hydrogen) atoms. The van der Waals surface area contributed by atoms with Crippen molar-refractivity contribution in [1.29, 1.82) is 0 Å².